The third kappa shape index (κ3) is 6.69. The quantitative estimate of drug-likeness (QED) is 0.323. The number of halogens is 5. The Labute approximate surface area is 179 Å². The van der Waals surface area contributed by atoms with Gasteiger partial charge in [-0.05, 0) is 55.5 Å². The van der Waals surface area contributed by atoms with Crippen molar-refractivity contribution in [1.29, 1.82) is 0 Å². The molecule has 3 nitrogen and oxygen atoms in total. The Balaban J connectivity index is 0.00000110. The molecule has 1 atom stereocenters. The van der Waals surface area contributed by atoms with Gasteiger partial charge in [-0.15, -0.1) is 0 Å². The zero-order chi connectivity index (χ0) is 24.0. The number of nitrogens with two attached hydrogens (primary N) is 1. The minimum atomic E-state index is -4.99. The van der Waals surface area contributed by atoms with Gasteiger partial charge in [0.1, 0.15) is 11.6 Å². The number of nitrogen functional groups attached to an aromatic ring is 1. The standard InChI is InChI=1S/C19H21F5N2O.C4H8/c1-12(20)16-8-7-15(26(16)25)10-18(27,19(22,23)24)11-17(2,3)13-5-4-6-14(21)9-13;1-3-4-2/h4-9,27H,1,10-11,25H2,2-3H3;3-4H,1-2H3/b;4-3-. The van der Waals surface area contributed by atoms with E-state index in [2.05, 4.69) is 6.58 Å². The second kappa shape index (κ2) is 10.1. The van der Waals surface area contributed by atoms with Gasteiger partial charge in [0.25, 0.3) is 0 Å². The normalized spacial score (nSPS) is 14.1. The maximum Gasteiger partial charge on any atom is 0.417 e. The minimum Gasteiger partial charge on any atom is -0.380 e. The molecule has 1 aromatic carbocycles. The molecule has 0 aliphatic rings. The molecule has 0 saturated carbocycles. The van der Waals surface area contributed by atoms with E-state index < -0.39 is 41.7 Å². The molecule has 2 aromatic rings. The topological polar surface area (TPSA) is 51.2 Å². The lowest BCUT2D eigenvalue weighted by atomic mass is 9.73. The van der Waals surface area contributed by atoms with Crippen LogP contribution in [0.2, 0.25) is 0 Å². The van der Waals surface area contributed by atoms with E-state index in [1.807, 2.05) is 26.0 Å². The van der Waals surface area contributed by atoms with Gasteiger partial charge in [0, 0.05) is 12.1 Å². The molecule has 8 heteroatoms. The lowest BCUT2D eigenvalue weighted by molar-refractivity contribution is -0.266. The fourth-order valence-electron chi connectivity index (χ4n) is 3.16. The van der Waals surface area contributed by atoms with Gasteiger partial charge in [0.2, 0.25) is 0 Å². The van der Waals surface area contributed by atoms with Gasteiger partial charge < -0.3 is 10.9 Å². The zero-order valence-corrected chi connectivity index (χ0v) is 18.1. The summed E-state index contributed by atoms with van der Waals surface area (Å²) in [6, 6.07) is 7.59. The summed E-state index contributed by atoms with van der Waals surface area (Å²) in [4.78, 5) is 0. The van der Waals surface area contributed by atoms with Crippen LogP contribution in [-0.2, 0) is 11.8 Å². The number of nitrogens with zero attached hydrogens (tertiary/aromatic N) is 1. The Kier molecular flexibility index (Phi) is 8.64. The molecule has 31 heavy (non-hydrogen) atoms. The average molecular weight is 444 g/mol. The molecule has 0 fully saturated rings. The van der Waals surface area contributed by atoms with Crippen LogP contribution < -0.4 is 5.84 Å². The summed E-state index contributed by atoms with van der Waals surface area (Å²) in [5.41, 5.74) is -4.35. The van der Waals surface area contributed by atoms with Crippen molar-refractivity contribution in [2.45, 2.75) is 57.7 Å². The van der Waals surface area contributed by atoms with Crippen LogP contribution in [0.5, 0.6) is 0 Å². The van der Waals surface area contributed by atoms with Crippen LogP contribution in [0.4, 0.5) is 22.0 Å². The number of hydrogen-bond acceptors (Lipinski definition) is 2. The molecule has 0 spiro atoms. The number of allylic oxidation sites excluding steroid dienone is 2. The Morgan fingerprint density at radius 1 is 1.13 bits per heavy atom. The Morgan fingerprint density at radius 3 is 2.13 bits per heavy atom. The lowest BCUT2D eigenvalue weighted by Crippen LogP contribution is -2.51. The summed E-state index contributed by atoms with van der Waals surface area (Å²) in [7, 11) is 0. The Bertz CT molecular complexity index is 911. The van der Waals surface area contributed by atoms with Gasteiger partial charge >= 0.3 is 6.18 Å². The molecule has 3 N–H and O–H groups in total. The summed E-state index contributed by atoms with van der Waals surface area (Å²) in [5.74, 6) is 4.15. The summed E-state index contributed by atoms with van der Waals surface area (Å²) >= 11 is 0. The molecule has 1 unspecified atom stereocenters. The maximum absolute atomic E-state index is 13.7. The second-order valence-electron chi connectivity index (χ2n) is 7.93. The fraction of sp³-hybridized carbons (Fsp3) is 0.391. The number of alkyl halides is 3. The van der Waals surface area contributed by atoms with Crippen LogP contribution in [0, 0.1) is 5.82 Å². The molecule has 0 saturated heterocycles. The van der Waals surface area contributed by atoms with Crippen LogP contribution in [0.1, 0.15) is 51.1 Å². The number of benzene rings is 1. The van der Waals surface area contributed by atoms with E-state index in [9.17, 15) is 27.1 Å². The Hall–Kier alpha value is -2.61. The first-order valence-corrected chi connectivity index (χ1v) is 9.61. The highest BCUT2D eigenvalue weighted by Crippen LogP contribution is 2.43. The van der Waals surface area contributed by atoms with E-state index in [1.165, 1.54) is 44.2 Å². The molecule has 1 heterocycles. The minimum absolute atomic E-state index is 0.112. The molecular weight excluding hydrogens is 415 g/mol. The molecular formula is C23H29F5N2O. The van der Waals surface area contributed by atoms with Crippen LogP contribution in [0.25, 0.3) is 5.83 Å². The zero-order valence-electron chi connectivity index (χ0n) is 18.1. The lowest BCUT2D eigenvalue weighted by Gasteiger charge is -2.38. The van der Waals surface area contributed by atoms with Crippen molar-refractivity contribution >= 4 is 5.83 Å². The van der Waals surface area contributed by atoms with E-state index in [-0.39, 0.29) is 11.4 Å². The molecule has 172 valence electrons. The van der Waals surface area contributed by atoms with Crippen molar-refractivity contribution in [2.75, 3.05) is 5.84 Å². The molecule has 0 bridgehead atoms. The number of rotatable bonds is 6. The fourth-order valence-corrected chi connectivity index (χ4v) is 3.16. The predicted octanol–water partition coefficient (Wildman–Crippen LogP) is 6.07. The number of aromatic nitrogens is 1. The number of aliphatic hydroxyl groups is 1. The maximum atomic E-state index is 13.7. The molecule has 0 radical (unpaired) electrons. The van der Waals surface area contributed by atoms with E-state index >= 15 is 0 Å². The predicted molar refractivity (Wildman–Crippen MR) is 114 cm³/mol. The third-order valence-electron chi connectivity index (χ3n) is 4.96. The van der Waals surface area contributed by atoms with Gasteiger partial charge in [-0.25, -0.2) is 8.78 Å². The molecule has 0 amide bonds. The summed E-state index contributed by atoms with van der Waals surface area (Å²) in [6.45, 7) is 10.0. The highest BCUT2D eigenvalue weighted by atomic mass is 19.4. The summed E-state index contributed by atoms with van der Waals surface area (Å²) < 4.78 is 68.8. The van der Waals surface area contributed by atoms with Crippen molar-refractivity contribution in [3.05, 3.63) is 77.9 Å². The first-order valence-electron chi connectivity index (χ1n) is 9.61. The molecule has 0 aliphatic heterocycles. The van der Waals surface area contributed by atoms with Crippen molar-refractivity contribution in [3.8, 4) is 0 Å². The molecule has 2 rings (SSSR count). The highest BCUT2D eigenvalue weighted by molar-refractivity contribution is 5.54. The van der Waals surface area contributed by atoms with Crippen LogP contribution >= 0.6 is 0 Å². The van der Waals surface area contributed by atoms with Crippen molar-refractivity contribution < 1.29 is 27.1 Å². The highest BCUT2D eigenvalue weighted by Gasteiger charge is 2.56. The Morgan fingerprint density at radius 2 is 1.71 bits per heavy atom. The van der Waals surface area contributed by atoms with E-state index in [0.29, 0.717) is 5.56 Å². The molecule has 1 aromatic heterocycles. The van der Waals surface area contributed by atoms with Gasteiger partial charge in [0.15, 0.2) is 5.60 Å². The van der Waals surface area contributed by atoms with Gasteiger partial charge in [-0.2, -0.15) is 13.2 Å². The monoisotopic (exact) mass is 444 g/mol. The van der Waals surface area contributed by atoms with Gasteiger partial charge in [0.05, 0.1) is 5.69 Å². The number of hydrogen-bond donors (Lipinski definition) is 2. The second-order valence-corrected chi connectivity index (χ2v) is 7.93. The first kappa shape index (κ1) is 26.4. The van der Waals surface area contributed by atoms with Gasteiger partial charge in [-0.1, -0.05) is 44.7 Å². The SMILES string of the molecule is C/C=C\C.C=C(F)c1ccc(CC(O)(CC(C)(C)c2cccc(F)c2)C(F)(F)F)n1N. The average Bonchev–Trinajstić information content (AvgIpc) is 3.01. The van der Waals surface area contributed by atoms with Crippen LogP contribution in [0.3, 0.4) is 0 Å². The third-order valence-corrected chi connectivity index (χ3v) is 4.96. The summed E-state index contributed by atoms with van der Waals surface area (Å²) in [5, 5.41) is 10.5. The van der Waals surface area contributed by atoms with Crippen LogP contribution in [-0.4, -0.2) is 21.6 Å². The largest absolute Gasteiger partial charge is 0.417 e. The van der Waals surface area contributed by atoms with E-state index in [1.54, 1.807) is 0 Å². The van der Waals surface area contributed by atoms with Crippen LogP contribution in [0.15, 0.2) is 55.1 Å². The summed E-state index contributed by atoms with van der Waals surface area (Å²) in [6.07, 6.45) is -2.63. The van der Waals surface area contributed by atoms with E-state index in [4.69, 9.17) is 5.84 Å². The van der Waals surface area contributed by atoms with Crippen molar-refractivity contribution in [2.24, 2.45) is 0 Å². The van der Waals surface area contributed by atoms with Crippen molar-refractivity contribution in [1.82, 2.24) is 4.68 Å². The van der Waals surface area contributed by atoms with Gasteiger partial charge in [-0.3, -0.25) is 4.68 Å². The van der Waals surface area contributed by atoms with E-state index in [0.717, 1.165) is 10.7 Å². The smallest absolute Gasteiger partial charge is 0.380 e. The van der Waals surface area contributed by atoms with Crippen molar-refractivity contribution in [3.63, 3.8) is 0 Å². The molecule has 0 aliphatic carbocycles. The first-order chi connectivity index (χ1) is 14.2.